The lowest BCUT2D eigenvalue weighted by Crippen LogP contribution is -2.47. The van der Waals surface area contributed by atoms with Gasteiger partial charge in [-0.2, -0.15) is 0 Å². The van der Waals surface area contributed by atoms with Gasteiger partial charge in [-0.1, -0.05) is 32.0 Å². The Morgan fingerprint density at radius 3 is 2.11 bits per heavy atom. The zero-order valence-corrected chi connectivity index (χ0v) is 16.4. The van der Waals surface area contributed by atoms with Gasteiger partial charge in [0.05, 0.1) is 0 Å². The molecule has 3 amide bonds. The van der Waals surface area contributed by atoms with Crippen molar-refractivity contribution in [3.63, 3.8) is 0 Å². The van der Waals surface area contributed by atoms with Crippen LogP contribution in [0.15, 0.2) is 48.5 Å². The van der Waals surface area contributed by atoms with E-state index >= 15 is 0 Å². The van der Waals surface area contributed by atoms with Gasteiger partial charge in [0.25, 0.3) is 11.8 Å². The van der Waals surface area contributed by atoms with Crippen LogP contribution < -0.4 is 20.9 Å². The second kappa shape index (κ2) is 9.55. The second-order valence-electron chi connectivity index (χ2n) is 6.69. The van der Waals surface area contributed by atoms with E-state index in [0.29, 0.717) is 17.0 Å². The maximum atomic E-state index is 12.2. The summed E-state index contributed by atoms with van der Waals surface area (Å²) < 4.78 is 5.61. The molecule has 7 nitrogen and oxygen atoms in total. The maximum Gasteiger partial charge on any atom is 0.279 e. The van der Waals surface area contributed by atoms with Crippen molar-refractivity contribution in [1.82, 2.24) is 10.9 Å². The van der Waals surface area contributed by atoms with Crippen LogP contribution in [0.2, 0.25) is 0 Å². The molecule has 2 aromatic rings. The predicted molar refractivity (Wildman–Crippen MR) is 107 cm³/mol. The number of rotatable bonds is 6. The minimum Gasteiger partial charge on any atom is -0.481 e. The van der Waals surface area contributed by atoms with Gasteiger partial charge in [0, 0.05) is 17.2 Å². The molecule has 0 spiro atoms. The fourth-order valence-corrected chi connectivity index (χ4v) is 2.22. The Balaban J connectivity index is 1.86. The van der Waals surface area contributed by atoms with E-state index in [1.807, 2.05) is 25.1 Å². The highest BCUT2D eigenvalue weighted by molar-refractivity contribution is 5.97. The molecule has 0 aliphatic heterocycles. The molecular weight excluding hydrogens is 358 g/mol. The van der Waals surface area contributed by atoms with Gasteiger partial charge >= 0.3 is 0 Å². The molecule has 3 N–H and O–H groups in total. The number of benzene rings is 2. The molecule has 1 atom stereocenters. The number of nitrogens with one attached hydrogen (secondary N) is 3. The standard InChI is InChI=1S/C21H25N3O4/c1-13(2)19(25)22-17-11-9-16(10-12-17)21(27)24-23-20(26)15(4)28-18-8-6-5-7-14(18)3/h5-13,15H,1-4H3,(H,22,25)(H,23,26)(H,24,27). The summed E-state index contributed by atoms with van der Waals surface area (Å²) in [4.78, 5) is 36.0. The number of hydrazine groups is 1. The minimum atomic E-state index is -0.782. The quantitative estimate of drug-likeness (QED) is 0.668. The van der Waals surface area contributed by atoms with E-state index in [-0.39, 0.29) is 11.8 Å². The van der Waals surface area contributed by atoms with Crippen LogP contribution in [-0.2, 0) is 9.59 Å². The highest BCUT2D eigenvalue weighted by Crippen LogP contribution is 2.17. The molecule has 0 saturated carbocycles. The molecule has 0 aromatic heterocycles. The lowest BCUT2D eigenvalue weighted by Gasteiger charge is -2.16. The molecule has 0 bridgehead atoms. The van der Waals surface area contributed by atoms with Gasteiger partial charge in [0.2, 0.25) is 5.91 Å². The Morgan fingerprint density at radius 1 is 0.857 bits per heavy atom. The Morgan fingerprint density at radius 2 is 1.50 bits per heavy atom. The van der Waals surface area contributed by atoms with Crippen LogP contribution in [-0.4, -0.2) is 23.8 Å². The van der Waals surface area contributed by atoms with Crippen LogP contribution in [0.1, 0.15) is 36.7 Å². The van der Waals surface area contributed by atoms with E-state index in [1.54, 1.807) is 51.1 Å². The molecular formula is C21H25N3O4. The lowest BCUT2D eigenvalue weighted by atomic mass is 10.1. The van der Waals surface area contributed by atoms with Gasteiger partial charge < -0.3 is 10.1 Å². The van der Waals surface area contributed by atoms with Crippen molar-refractivity contribution in [3.05, 3.63) is 59.7 Å². The van der Waals surface area contributed by atoms with Crippen molar-refractivity contribution < 1.29 is 19.1 Å². The topological polar surface area (TPSA) is 96.5 Å². The van der Waals surface area contributed by atoms with Crippen LogP contribution >= 0.6 is 0 Å². The average molecular weight is 383 g/mol. The first-order valence-electron chi connectivity index (χ1n) is 9.01. The van der Waals surface area contributed by atoms with E-state index in [9.17, 15) is 14.4 Å². The molecule has 148 valence electrons. The summed E-state index contributed by atoms with van der Waals surface area (Å²) in [5.41, 5.74) is 6.55. The number of hydrogen-bond donors (Lipinski definition) is 3. The Kier molecular flexibility index (Phi) is 7.14. The molecule has 0 radical (unpaired) electrons. The molecule has 0 aliphatic carbocycles. The van der Waals surface area contributed by atoms with Crippen LogP contribution in [0.4, 0.5) is 5.69 Å². The molecule has 2 rings (SSSR count). The molecule has 28 heavy (non-hydrogen) atoms. The summed E-state index contributed by atoms with van der Waals surface area (Å²) in [5, 5.41) is 2.74. The number of carbonyl (C=O) groups excluding carboxylic acids is 3. The summed E-state index contributed by atoms with van der Waals surface area (Å²) in [6.07, 6.45) is -0.782. The van der Waals surface area contributed by atoms with E-state index in [0.717, 1.165) is 5.56 Å². The zero-order chi connectivity index (χ0) is 20.7. The predicted octanol–water partition coefficient (Wildman–Crippen LogP) is 2.82. The van der Waals surface area contributed by atoms with Gasteiger partial charge in [0.1, 0.15) is 5.75 Å². The van der Waals surface area contributed by atoms with Crippen LogP contribution in [0.5, 0.6) is 5.75 Å². The summed E-state index contributed by atoms with van der Waals surface area (Å²) in [5.74, 6) is -0.583. The lowest BCUT2D eigenvalue weighted by molar-refractivity contribution is -0.128. The molecule has 1 unspecified atom stereocenters. The monoisotopic (exact) mass is 383 g/mol. The summed E-state index contributed by atoms with van der Waals surface area (Å²) in [6, 6.07) is 13.7. The van der Waals surface area contributed by atoms with Gasteiger partial charge in [-0.3, -0.25) is 25.2 Å². The minimum absolute atomic E-state index is 0.105. The van der Waals surface area contributed by atoms with Crippen molar-refractivity contribution >= 4 is 23.4 Å². The summed E-state index contributed by atoms with van der Waals surface area (Å²) in [7, 11) is 0. The first-order valence-corrected chi connectivity index (χ1v) is 9.01. The number of amides is 3. The number of ether oxygens (including phenoxy) is 1. The third kappa shape index (κ3) is 5.84. The SMILES string of the molecule is Cc1ccccc1OC(C)C(=O)NNC(=O)c1ccc(NC(=O)C(C)C)cc1. The number of carbonyl (C=O) groups is 3. The fraction of sp³-hybridized carbons (Fsp3) is 0.286. The van der Waals surface area contributed by atoms with Crippen molar-refractivity contribution in [1.29, 1.82) is 0 Å². The van der Waals surface area contributed by atoms with Crippen molar-refractivity contribution in [2.45, 2.75) is 33.8 Å². The molecule has 0 heterocycles. The molecule has 2 aromatic carbocycles. The maximum absolute atomic E-state index is 12.2. The first kappa shape index (κ1) is 21.0. The van der Waals surface area contributed by atoms with Crippen molar-refractivity contribution in [2.24, 2.45) is 5.92 Å². The number of hydrogen-bond acceptors (Lipinski definition) is 4. The van der Waals surface area contributed by atoms with Crippen molar-refractivity contribution in [2.75, 3.05) is 5.32 Å². The third-order valence-electron chi connectivity index (χ3n) is 4.00. The van der Waals surface area contributed by atoms with Gasteiger partial charge in [-0.05, 0) is 49.7 Å². The smallest absolute Gasteiger partial charge is 0.279 e. The fourth-order valence-electron chi connectivity index (χ4n) is 2.22. The van der Waals surface area contributed by atoms with Crippen LogP contribution in [0.25, 0.3) is 0 Å². The highest BCUT2D eigenvalue weighted by Gasteiger charge is 2.16. The van der Waals surface area contributed by atoms with E-state index in [4.69, 9.17) is 4.74 Å². The Hall–Kier alpha value is -3.35. The van der Waals surface area contributed by atoms with E-state index in [2.05, 4.69) is 16.2 Å². The number of para-hydroxylation sites is 1. The van der Waals surface area contributed by atoms with Crippen LogP contribution in [0.3, 0.4) is 0 Å². The van der Waals surface area contributed by atoms with Gasteiger partial charge in [-0.25, -0.2) is 0 Å². The van der Waals surface area contributed by atoms with E-state index < -0.39 is 17.9 Å². The first-order chi connectivity index (χ1) is 13.3. The Labute approximate surface area is 164 Å². The molecule has 0 aliphatic rings. The zero-order valence-electron chi connectivity index (χ0n) is 16.4. The van der Waals surface area contributed by atoms with E-state index in [1.165, 1.54) is 0 Å². The largest absolute Gasteiger partial charge is 0.481 e. The number of aryl methyl sites for hydroxylation is 1. The number of anilines is 1. The average Bonchev–Trinajstić information content (AvgIpc) is 2.68. The third-order valence-corrected chi connectivity index (χ3v) is 4.00. The summed E-state index contributed by atoms with van der Waals surface area (Å²) >= 11 is 0. The molecule has 0 fully saturated rings. The highest BCUT2D eigenvalue weighted by atomic mass is 16.5. The summed E-state index contributed by atoms with van der Waals surface area (Å²) in [6.45, 7) is 7.07. The van der Waals surface area contributed by atoms with Crippen molar-refractivity contribution in [3.8, 4) is 5.75 Å². The second-order valence-corrected chi connectivity index (χ2v) is 6.69. The van der Waals surface area contributed by atoms with Gasteiger partial charge in [0.15, 0.2) is 6.10 Å². The molecule has 0 saturated heterocycles. The normalized spacial score (nSPS) is 11.5. The van der Waals surface area contributed by atoms with Crippen LogP contribution in [0, 0.1) is 12.8 Å². The molecule has 7 heteroatoms. The van der Waals surface area contributed by atoms with Gasteiger partial charge in [-0.15, -0.1) is 0 Å². The Bertz CT molecular complexity index is 847.